The number of nitrogens with one attached hydrogen (secondary N) is 1. The number of carbonyl (C=O) groups is 1. The molecular formula is C16H19F3N4O2S. The highest BCUT2D eigenvalue weighted by atomic mass is 32.2. The van der Waals surface area contributed by atoms with E-state index in [9.17, 15) is 18.0 Å². The minimum Gasteiger partial charge on any atom is -0.465 e. The molecule has 0 spiro atoms. The molecule has 0 atom stereocenters. The van der Waals surface area contributed by atoms with Gasteiger partial charge in [-0.15, -0.1) is 10.2 Å². The van der Waals surface area contributed by atoms with Crippen LogP contribution in [-0.2, 0) is 28.8 Å². The van der Waals surface area contributed by atoms with Crippen molar-refractivity contribution in [3.05, 3.63) is 35.7 Å². The van der Waals surface area contributed by atoms with E-state index in [1.165, 1.54) is 17.8 Å². The first kappa shape index (κ1) is 20.1. The molecule has 10 heteroatoms. The third-order valence-corrected chi connectivity index (χ3v) is 4.31. The Kier molecular flexibility index (Phi) is 6.90. The third kappa shape index (κ3) is 5.38. The fourth-order valence-electron chi connectivity index (χ4n) is 2.19. The Morgan fingerprint density at radius 3 is 2.73 bits per heavy atom. The van der Waals surface area contributed by atoms with E-state index in [2.05, 4.69) is 15.5 Å². The van der Waals surface area contributed by atoms with Gasteiger partial charge in [-0.25, -0.2) is 0 Å². The van der Waals surface area contributed by atoms with Gasteiger partial charge < -0.3 is 14.6 Å². The Hall–Kier alpha value is -2.23. The van der Waals surface area contributed by atoms with Crippen molar-refractivity contribution in [2.75, 3.05) is 17.7 Å². The largest absolute Gasteiger partial charge is 0.465 e. The molecule has 0 saturated heterocycles. The van der Waals surface area contributed by atoms with Crippen LogP contribution in [0.15, 0.2) is 29.4 Å². The maximum absolute atomic E-state index is 12.8. The molecule has 0 amide bonds. The average molecular weight is 388 g/mol. The SMILES string of the molecule is CCOC(=O)CSc1nnc(CNc2cccc(C(F)(F)F)c2)n1CC. The maximum atomic E-state index is 12.8. The van der Waals surface area contributed by atoms with Gasteiger partial charge in [0, 0.05) is 12.2 Å². The van der Waals surface area contributed by atoms with E-state index >= 15 is 0 Å². The zero-order chi connectivity index (χ0) is 19.2. The number of anilines is 1. The molecular weight excluding hydrogens is 369 g/mol. The molecule has 0 radical (unpaired) electrons. The lowest BCUT2D eigenvalue weighted by molar-refractivity contribution is -0.140. The van der Waals surface area contributed by atoms with E-state index in [4.69, 9.17) is 4.74 Å². The van der Waals surface area contributed by atoms with E-state index in [-0.39, 0.29) is 18.3 Å². The minimum absolute atomic E-state index is 0.118. The number of carbonyl (C=O) groups excluding carboxylic acids is 1. The van der Waals surface area contributed by atoms with E-state index in [1.807, 2.05) is 6.92 Å². The summed E-state index contributed by atoms with van der Waals surface area (Å²) < 4.78 is 45.0. The van der Waals surface area contributed by atoms with Gasteiger partial charge in [0.2, 0.25) is 0 Å². The van der Waals surface area contributed by atoms with E-state index in [1.54, 1.807) is 17.6 Å². The summed E-state index contributed by atoms with van der Waals surface area (Å²) >= 11 is 1.21. The lowest BCUT2D eigenvalue weighted by Crippen LogP contribution is -2.11. The Bertz CT molecular complexity index is 749. The van der Waals surface area contributed by atoms with Gasteiger partial charge in [-0.05, 0) is 32.0 Å². The fraction of sp³-hybridized carbons (Fsp3) is 0.438. The summed E-state index contributed by atoms with van der Waals surface area (Å²) in [4.78, 5) is 11.4. The van der Waals surface area contributed by atoms with E-state index < -0.39 is 11.7 Å². The molecule has 1 N–H and O–H groups in total. The van der Waals surface area contributed by atoms with Crippen molar-refractivity contribution in [1.29, 1.82) is 0 Å². The second-order valence-electron chi connectivity index (χ2n) is 5.17. The van der Waals surface area contributed by atoms with Crippen molar-refractivity contribution in [1.82, 2.24) is 14.8 Å². The molecule has 1 heterocycles. The molecule has 1 aromatic carbocycles. The van der Waals surface area contributed by atoms with E-state index in [0.717, 1.165) is 12.1 Å². The van der Waals surface area contributed by atoms with Crippen molar-refractivity contribution in [2.45, 2.75) is 38.3 Å². The molecule has 0 aliphatic heterocycles. The van der Waals surface area contributed by atoms with Gasteiger partial charge >= 0.3 is 12.1 Å². The summed E-state index contributed by atoms with van der Waals surface area (Å²) in [5.74, 6) is 0.343. The molecule has 0 aliphatic carbocycles. The van der Waals surface area contributed by atoms with Crippen LogP contribution in [0.3, 0.4) is 0 Å². The predicted octanol–water partition coefficient (Wildman–Crippen LogP) is 3.58. The molecule has 0 saturated carbocycles. The smallest absolute Gasteiger partial charge is 0.416 e. The summed E-state index contributed by atoms with van der Waals surface area (Å²) in [5, 5.41) is 11.6. The van der Waals surface area contributed by atoms with Crippen LogP contribution in [0.5, 0.6) is 0 Å². The Labute approximate surface area is 153 Å². The molecule has 1 aromatic heterocycles. The van der Waals surface area contributed by atoms with Gasteiger partial charge in [-0.2, -0.15) is 13.2 Å². The number of thioether (sulfide) groups is 1. The lowest BCUT2D eigenvalue weighted by Gasteiger charge is -2.11. The number of hydrogen-bond donors (Lipinski definition) is 1. The summed E-state index contributed by atoms with van der Waals surface area (Å²) in [6.07, 6.45) is -4.39. The second-order valence-corrected chi connectivity index (χ2v) is 6.11. The highest BCUT2D eigenvalue weighted by molar-refractivity contribution is 7.99. The zero-order valence-corrected chi connectivity index (χ0v) is 15.2. The first-order chi connectivity index (χ1) is 12.3. The second kappa shape index (κ2) is 8.93. The highest BCUT2D eigenvalue weighted by Gasteiger charge is 2.30. The molecule has 0 unspecified atom stereocenters. The molecule has 0 aliphatic rings. The van der Waals surface area contributed by atoms with Crippen LogP contribution in [0, 0.1) is 0 Å². The number of esters is 1. The molecule has 2 rings (SSSR count). The van der Waals surface area contributed by atoms with Gasteiger partial charge in [0.25, 0.3) is 0 Å². The number of halogens is 3. The number of benzene rings is 1. The lowest BCUT2D eigenvalue weighted by atomic mass is 10.2. The van der Waals surface area contributed by atoms with Gasteiger partial charge in [0.05, 0.1) is 24.5 Å². The van der Waals surface area contributed by atoms with Gasteiger partial charge in [0.15, 0.2) is 11.0 Å². The molecule has 0 bridgehead atoms. The number of hydrogen-bond acceptors (Lipinski definition) is 6. The normalized spacial score (nSPS) is 11.4. The number of alkyl halides is 3. The average Bonchev–Trinajstić information content (AvgIpc) is 3.00. The summed E-state index contributed by atoms with van der Waals surface area (Å²) in [5.41, 5.74) is -0.378. The zero-order valence-electron chi connectivity index (χ0n) is 14.3. The summed E-state index contributed by atoms with van der Waals surface area (Å²) in [6, 6.07) is 4.96. The summed E-state index contributed by atoms with van der Waals surface area (Å²) in [6.45, 7) is 4.71. The van der Waals surface area contributed by atoms with Crippen molar-refractivity contribution < 1.29 is 22.7 Å². The van der Waals surface area contributed by atoms with Crippen molar-refractivity contribution in [2.24, 2.45) is 0 Å². The Morgan fingerprint density at radius 2 is 2.08 bits per heavy atom. The molecule has 0 fully saturated rings. The van der Waals surface area contributed by atoms with Crippen LogP contribution in [0.4, 0.5) is 18.9 Å². The van der Waals surface area contributed by atoms with Crippen LogP contribution < -0.4 is 5.32 Å². The monoisotopic (exact) mass is 388 g/mol. The minimum atomic E-state index is -4.39. The van der Waals surface area contributed by atoms with Gasteiger partial charge in [-0.3, -0.25) is 4.79 Å². The Balaban J connectivity index is 2.03. The molecule has 6 nitrogen and oxygen atoms in total. The quantitative estimate of drug-likeness (QED) is 0.551. The van der Waals surface area contributed by atoms with Crippen molar-refractivity contribution >= 4 is 23.4 Å². The van der Waals surface area contributed by atoms with Crippen LogP contribution in [0.2, 0.25) is 0 Å². The maximum Gasteiger partial charge on any atom is 0.416 e. The number of rotatable bonds is 8. The van der Waals surface area contributed by atoms with Gasteiger partial charge in [-0.1, -0.05) is 17.8 Å². The molecule has 142 valence electrons. The van der Waals surface area contributed by atoms with Crippen LogP contribution in [0.25, 0.3) is 0 Å². The number of ether oxygens (including phenoxy) is 1. The highest BCUT2D eigenvalue weighted by Crippen LogP contribution is 2.30. The Morgan fingerprint density at radius 1 is 1.31 bits per heavy atom. The predicted molar refractivity (Wildman–Crippen MR) is 91.8 cm³/mol. The van der Waals surface area contributed by atoms with Crippen molar-refractivity contribution in [3.8, 4) is 0 Å². The first-order valence-electron chi connectivity index (χ1n) is 7.96. The fourth-order valence-corrected chi connectivity index (χ4v) is 3.01. The number of aromatic nitrogens is 3. The first-order valence-corrected chi connectivity index (χ1v) is 8.95. The van der Waals surface area contributed by atoms with Gasteiger partial charge in [0.1, 0.15) is 0 Å². The molecule has 2 aromatic rings. The van der Waals surface area contributed by atoms with Crippen LogP contribution >= 0.6 is 11.8 Å². The number of nitrogens with zero attached hydrogens (tertiary/aromatic N) is 3. The van der Waals surface area contributed by atoms with E-state index in [0.29, 0.717) is 29.8 Å². The van der Waals surface area contributed by atoms with Crippen LogP contribution in [0.1, 0.15) is 25.2 Å². The third-order valence-electron chi connectivity index (χ3n) is 3.37. The summed E-state index contributed by atoms with van der Waals surface area (Å²) in [7, 11) is 0. The van der Waals surface area contributed by atoms with Crippen LogP contribution in [-0.4, -0.2) is 33.1 Å². The topological polar surface area (TPSA) is 69.0 Å². The molecule has 26 heavy (non-hydrogen) atoms. The standard InChI is InChI=1S/C16H19F3N4O2S/c1-3-23-13(21-22-15(23)26-10-14(24)25-4-2)9-20-12-7-5-6-11(8-12)16(17,18)19/h5-8,20H,3-4,9-10H2,1-2H3. The van der Waals surface area contributed by atoms with Crippen molar-refractivity contribution in [3.63, 3.8) is 0 Å².